The van der Waals surface area contributed by atoms with E-state index in [0.717, 1.165) is 5.56 Å². The van der Waals surface area contributed by atoms with Gasteiger partial charge < -0.3 is 11.5 Å². The molecule has 0 spiro atoms. The first-order chi connectivity index (χ1) is 6.86. The first-order valence-corrected chi connectivity index (χ1v) is 5.87. The Bertz CT molecular complexity index is 468. The highest BCUT2D eigenvalue weighted by molar-refractivity contribution is 7.86. The Balaban J connectivity index is 3.42. The Kier molecular flexibility index (Phi) is 3.33. The van der Waals surface area contributed by atoms with Gasteiger partial charge in [0.25, 0.3) is 10.1 Å². The van der Waals surface area contributed by atoms with Gasteiger partial charge in [0.05, 0.1) is 5.69 Å². The lowest BCUT2D eigenvalue weighted by atomic mass is 10.1. The van der Waals surface area contributed by atoms with E-state index in [-0.39, 0.29) is 10.6 Å². The fraction of sp³-hybridized carbons (Fsp3) is 0.333. The minimum absolute atomic E-state index is 0.0774. The fourth-order valence-corrected chi connectivity index (χ4v) is 2.16. The Labute approximate surface area is 88.8 Å². The number of rotatable bonds is 3. The topological polar surface area (TPSA) is 106 Å². The molecule has 0 amide bonds. The summed E-state index contributed by atoms with van der Waals surface area (Å²) in [6.45, 7) is 2.10. The van der Waals surface area contributed by atoms with Crippen LogP contribution < -0.4 is 11.5 Å². The predicted molar refractivity (Wildman–Crippen MR) is 58.2 cm³/mol. The summed E-state index contributed by atoms with van der Waals surface area (Å²) in [6, 6.07) is 3.10. The lowest BCUT2D eigenvalue weighted by Gasteiger charge is -2.09. The van der Waals surface area contributed by atoms with Crippen LogP contribution in [0.2, 0.25) is 0 Å². The number of anilines is 1. The van der Waals surface area contributed by atoms with Gasteiger partial charge in [0.15, 0.2) is 0 Å². The summed E-state index contributed by atoms with van der Waals surface area (Å²) in [5.74, 6) is 0. The second-order valence-corrected chi connectivity index (χ2v) is 4.74. The molecule has 0 unspecified atom stereocenters. The molecule has 0 aliphatic heterocycles. The van der Waals surface area contributed by atoms with Gasteiger partial charge in [-0.05, 0) is 37.1 Å². The first kappa shape index (κ1) is 12.0. The zero-order chi connectivity index (χ0) is 11.6. The molecular weight excluding hydrogens is 216 g/mol. The average Bonchev–Trinajstić information content (AvgIpc) is 2.09. The second kappa shape index (κ2) is 4.18. The monoisotopic (exact) mass is 230 g/mol. The highest BCUT2D eigenvalue weighted by Crippen LogP contribution is 2.24. The normalized spacial score (nSPS) is 11.7. The third-order valence-electron chi connectivity index (χ3n) is 2.06. The minimum Gasteiger partial charge on any atom is -0.397 e. The predicted octanol–water partition coefficient (Wildman–Crippen LogP) is 0.325. The van der Waals surface area contributed by atoms with Gasteiger partial charge in [-0.15, -0.1) is 0 Å². The van der Waals surface area contributed by atoms with Crippen molar-refractivity contribution >= 4 is 15.8 Å². The van der Waals surface area contributed by atoms with E-state index in [1.54, 1.807) is 13.0 Å². The summed E-state index contributed by atoms with van der Waals surface area (Å²) in [5, 5.41) is 0. The molecule has 0 saturated heterocycles. The summed E-state index contributed by atoms with van der Waals surface area (Å²) in [4.78, 5) is -0.244. The number of benzene rings is 1. The molecule has 0 aliphatic rings. The van der Waals surface area contributed by atoms with Gasteiger partial charge in [-0.25, -0.2) is 0 Å². The molecule has 0 aromatic heterocycles. The van der Waals surface area contributed by atoms with Crippen molar-refractivity contribution in [2.75, 3.05) is 12.3 Å². The fourth-order valence-electron chi connectivity index (χ4n) is 1.41. The van der Waals surface area contributed by atoms with Crippen LogP contribution >= 0.6 is 0 Å². The molecule has 6 heteroatoms. The highest BCUT2D eigenvalue weighted by atomic mass is 32.2. The zero-order valence-corrected chi connectivity index (χ0v) is 9.21. The maximum Gasteiger partial charge on any atom is 0.296 e. The maximum atomic E-state index is 11.0. The van der Waals surface area contributed by atoms with Crippen molar-refractivity contribution in [2.45, 2.75) is 18.2 Å². The Morgan fingerprint density at radius 1 is 1.40 bits per heavy atom. The lowest BCUT2D eigenvalue weighted by molar-refractivity contribution is 0.483. The quantitative estimate of drug-likeness (QED) is 0.512. The zero-order valence-electron chi connectivity index (χ0n) is 8.40. The van der Waals surface area contributed by atoms with Crippen LogP contribution in [0.15, 0.2) is 17.0 Å². The van der Waals surface area contributed by atoms with E-state index in [9.17, 15) is 8.42 Å². The van der Waals surface area contributed by atoms with Gasteiger partial charge in [0.1, 0.15) is 4.90 Å². The van der Waals surface area contributed by atoms with E-state index >= 15 is 0 Å². The van der Waals surface area contributed by atoms with Crippen LogP contribution in [0.25, 0.3) is 0 Å². The van der Waals surface area contributed by atoms with Gasteiger partial charge in [-0.1, -0.05) is 6.07 Å². The molecule has 0 bridgehead atoms. The van der Waals surface area contributed by atoms with E-state index in [0.29, 0.717) is 18.5 Å². The largest absolute Gasteiger partial charge is 0.397 e. The van der Waals surface area contributed by atoms with Gasteiger partial charge in [0.2, 0.25) is 0 Å². The molecule has 1 rings (SSSR count). The van der Waals surface area contributed by atoms with Crippen molar-refractivity contribution in [3.05, 3.63) is 23.3 Å². The summed E-state index contributed by atoms with van der Waals surface area (Å²) >= 11 is 0. The van der Waals surface area contributed by atoms with Crippen LogP contribution in [0.4, 0.5) is 5.69 Å². The summed E-state index contributed by atoms with van der Waals surface area (Å²) in [5.41, 5.74) is 12.4. The maximum absolute atomic E-state index is 11.0. The van der Waals surface area contributed by atoms with Crippen molar-refractivity contribution in [3.8, 4) is 0 Å². The molecule has 1 aromatic carbocycles. The van der Waals surface area contributed by atoms with E-state index in [4.69, 9.17) is 16.0 Å². The molecule has 5 N–H and O–H groups in total. The Morgan fingerprint density at radius 3 is 2.47 bits per heavy atom. The van der Waals surface area contributed by atoms with Crippen molar-refractivity contribution in [3.63, 3.8) is 0 Å². The molecule has 0 aliphatic carbocycles. The number of hydrogen-bond donors (Lipinski definition) is 3. The number of nitrogens with two attached hydrogens (primary N) is 2. The molecule has 15 heavy (non-hydrogen) atoms. The van der Waals surface area contributed by atoms with Crippen LogP contribution in [-0.4, -0.2) is 19.5 Å². The van der Waals surface area contributed by atoms with Crippen LogP contribution in [0.3, 0.4) is 0 Å². The van der Waals surface area contributed by atoms with Gasteiger partial charge >= 0.3 is 0 Å². The van der Waals surface area contributed by atoms with E-state index in [1.807, 2.05) is 0 Å². The molecule has 1 aromatic rings. The van der Waals surface area contributed by atoms with Gasteiger partial charge in [0, 0.05) is 0 Å². The molecule has 0 radical (unpaired) electrons. The molecule has 84 valence electrons. The summed E-state index contributed by atoms with van der Waals surface area (Å²) in [7, 11) is -4.26. The van der Waals surface area contributed by atoms with Crippen LogP contribution in [0.1, 0.15) is 11.1 Å². The number of nitrogen functional groups attached to an aromatic ring is 1. The van der Waals surface area contributed by atoms with Crippen LogP contribution in [0, 0.1) is 6.92 Å². The lowest BCUT2D eigenvalue weighted by Crippen LogP contribution is -2.10. The third kappa shape index (κ3) is 2.68. The summed E-state index contributed by atoms with van der Waals surface area (Å²) < 4.78 is 31.0. The number of hydrogen-bond acceptors (Lipinski definition) is 4. The standard InChI is InChI=1S/C9H14N2O3S/c1-6-4-7(2-3-10)9(11)8(5-6)15(12,13)14/h4-5H,2-3,10-11H2,1H3,(H,12,13,14). The average molecular weight is 230 g/mol. The third-order valence-corrected chi connectivity index (χ3v) is 2.96. The van der Waals surface area contributed by atoms with Crippen LogP contribution in [0.5, 0.6) is 0 Å². The molecular formula is C9H14N2O3S. The van der Waals surface area contributed by atoms with Crippen molar-refractivity contribution in [1.82, 2.24) is 0 Å². The second-order valence-electron chi connectivity index (χ2n) is 3.35. The van der Waals surface area contributed by atoms with Gasteiger partial charge in [-0.3, -0.25) is 4.55 Å². The van der Waals surface area contributed by atoms with Crippen molar-refractivity contribution in [1.29, 1.82) is 0 Å². The molecule has 5 nitrogen and oxygen atoms in total. The SMILES string of the molecule is Cc1cc(CCN)c(N)c(S(=O)(=O)O)c1. The van der Waals surface area contributed by atoms with E-state index < -0.39 is 10.1 Å². The smallest absolute Gasteiger partial charge is 0.296 e. The minimum atomic E-state index is -4.26. The molecule has 0 saturated carbocycles. The van der Waals surface area contributed by atoms with Gasteiger partial charge in [-0.2, -0.15) is 8.42 Å². The van der Waals surface area contributed by atoms with Crippen molar-refractivity contribution in [2.24, 2.45) is 5.73 Å². The Hall–Kier alpha value is -1.11. The highest BCUT2D eigenvalue weighted by Gasteiger charge is 2.16. The molecule has 0 heterocycles. The Morgan fingerprint density at radius 2 is 2.00 bits per heavy atom. The number of aryl methyl sites for hydroxylation is 1. The van der Waals surface area contributed by atoms with E-state index in [1.165, 1.54) is 6.07 Å². The molecule has 0 fully saturated rings. The van der Waals surface area contributed by atoms with Crippen molar-refractivity contribution < 1.29 is 13.0 Å². The molecule has 0 atom stereocenters. The first-order valence-electron chi connectivity index (χ1n) is 4.43. The van der Waals surface area contributed by atoms with Crippen LogP contribution in [-0.2, 0) is 16.5 Å². The van der Waals surface area contributed by atoms with E-state index in [2.05, 4.69) is 0 Å². The summed E-state index contributed by atoms with van der Waals surface area (Å²) in [6.07, 6.45) is 0.482.